The van der Waals surface area contributed by atoms with Gasteiger partial charge in [-0.3, -0.25) is 12.2 Å². The average Bonchev–Trinajstić information content (AvgIpc) is 3.01. The van der Waals surface area contributed by atoms with Crippen molar-refractivity contribution in [2.24, 2.45) is 0 Å². The molecule has 2 rings (SSSR count). The van der Waals surface area contributed by atoms with E-state index in [9.17, 15) is 0 Å². The summed E-state index contributed by atoms with van der Waals surface area (Å²) in [6.07, 6.45) is 20.9. The Bertz CT molecular complexity index is 312. The summed E-state index contributed by atoms with van der Waals surface area (Å²) in [6, 6.07) is 0. The SMILES string of the molecule is CC1=[C-]CC=C1.CCCCC1=[C-]CC=C1.[Cl][Zr+2][Cl]. The molecule has 0 unspecified atom stereocenters. The summed E-state index contributed by atoms with van der Waals surface area (Å²) in [4.78, 5) is 0. The number of hydrogen-bond donors (Lipinski definition) is 0. The molecule has 0 aromatic carbocycles. The summed E-state index contributed by atoms with van der Waals surface area (Å²) in [5.74, 6) is 0. The zero-order valence-corrected chi connectivity index (χ0v) is 15.1. The Morgan fingerprint density at radius 3 is 2.11 bits per heavy atom. The van der Waals surface area contributed by atoms with E-state index in [1.54, 1.807) is 0 Å². The van der Waals surface area contributed by atoms with E-state index in [0.29, 0.717) is 0 Å². The summed E-state index contributed by atoms with van der Waals surface area (Å²) in [6.45, 7) is 4.28. The molecule has 0 atom stereocenters. The fourth-order valence-corrected chi connectivity index (χ4v) is 1.50. The first kappa shape index (κ1) is 18.4. The van der Waals surface area contributed by atoms with Gasteiger partial charge >= 0.3 is 37.9 Å². The second-order valence-electron chi connectivity index (χ2n) is 3.95. The molecule has 98 valence electrons. The standard InChI is InChI=1S/C9H13.C6H7.2ClH.Zr/c1-2-3-6-9-7-4-5-8-9;1-6-4-2-3-5-6;;;/h4,7H,2-3,5-6H2,1H3;2,4H,3H2,1H3;2*1H;/q2*-1;;;+4/p-2. The van der Waals surface area contributed by atoms with E-state index in [0.717, 1.165) is 12.8 Å². The van der Waals surface area contributed by atoms with Crippen molar-refractivity contribution in [1.82, 2.24) is 0 Å². The molecule has 0 nitrogen and oxygen atoms in total. The molecular formula is C15H20Cl2Zr. The van der Waals surface area contributed by atoms with Gasteiger partial charge in [-0.25, -0.2) is 23.3 Å². The maximum atomic E-state index is 4.93. The molecule has 2 aliphatic carbocycles. The van der Waals surface area contributed by atoms with Crippen molar-refractivity contribution >= 4 is 17.0 Å². The van der Waals surface area contributed by atoms with Gasteiger partial charge in [-0.1, -0.05) is 33.1 Å². The molecule has 3 heteroatoms. The fourth-order valence-electron chi connectivity index (χ4n) is 1.50. The van der Waals surface area contributed by atoms with Gasteiger partial charge in [0.25, 0.3) is 0 Å². The van der Waals surface area contributed by atoms with Crippen LogP contribution in [0.4, 0.5) is 0 Å². The maximum absolute atomic E-state index is 4.93. The first-order valence-electron chi connectivity index (χ1n) is 6.21. The van der Waals surface area contributed by atoms with Crippen molar-refractivity contribution in [1.29, 1.82) is 0 Å². The Balaban J connectivity index is 0.000000278. The Morgan fingerprint density at radius 1 is 1.17 bits per heavy atom. The predicted octanol–water partition coefficient (Wildman–Crippen LogP) is 5.94. The van der Waals surface area contributed by atoms with Gasteiger partial charge < -0.3 is 0 Å². The van der Waals surface area contributed by atoms with E-state index >= 15 is 0 Å². The zero-order valence-electron chi connectivity index (χ0n) is 11.1. The quantitative estimate of drug-likeness (QED) is 0.545. The molecule has 0 N–H and O–H groups in total. The van der Waals surface area contributed by atoms with Gasteiger partial charge in [-0.15, -0.1) is 12.8 Å². The zero-order chi connectivity index (χ0) is 13.6. The Labute approximate surface area is 130 Å². The van der Waals surface area contributed by atoms with Crippen molar-refractivity contribution in [2.75, 3.05) is 0 Å². The van der Waals surface area contributed by atoms with Gasteiger partial charge in [-0.05, 0) is 0 Å². The number of halogens is 2. The molecule has 0 saturated carbocycles. The monoisotopic (exact) mass is 360 g/mol. The van der Waals surface area contributed by atoms with Crippen molar-refractivity contribution in [3.8, 4) is 0 Å². The first-order valence-corrected chi connectivity index (χ1v) is 12.5. The van der Waals surface area contributed by atoms with Gasteiger partial charge in [0.2, 0.25) is 0 Å². The minimum absolute atomic E-state index is 0.826. The summed E-state index contributed by atoms with van der Waals surface area (Å²) in [5.41, 5.74) is 2.69. The van der Waals surface area contributed by atoms with Gasteiger partial charge in [0.15, 0.2) is 0 Å². The van der Waals surface area contributed by atoms with Crippen LogP contribution < -0.4 is 0 Å². The minimum atomic E-state index is -0.826. The van der Waals surface area contributed by atoms with Crippen LogP contribution in [-0.4, -0.2) is 0 Å². The average molecular weight is 362 g/mol. The second-order valence-corrected chi connectivity index (χ2v) is 7.68. The van der Waals surface area contributed by atoms with E-state index in [1.807, 2.05) is 0 Å². The number of rotatable bonds is 3. The van der Waals surface area contributed by atoms with Gasteiger partial charge in [0, 0.05) is 0 Å². The molecule has 0 aliphatic heterocycles. The summed E-state index contributed by atoms with van der Waals surface area (Å²) < 4.78 is 0. The molecule has 0 spiro atoms. The van der Waals surface area contributed by atoms with Gasteiger partial charge in [0.1, 0.15) is 0 Å². The van der Waals surface area contributed by atoms with Gasteiger partial charge in [0.05, 0.1) is 0 Å². The number of unbranched alkanes of at least 4 members (excludes halogenated alkanes) is 1. The van der Waals surface area contributed by atoms with Gasteiger partial charge in [-0.2, -0.15) is 12.2 Å². The third-order valence-electron chi connectivity index (χ3n) is 2.43. The van der Waals surface area contributed by atoms with Crippen LogP contribution >= 0.6 is 17.0 Å². The van der Waals surface area contributed by atoms with E-state index in [-0.39, 0.29) is 0 Å². The molecule has 0 aromatic heterocycles. The molecule has 0 saturated heterocycles. The Hall–Kier alpha value is 0.423. The molecule has 0 heterocycles. The molecule has 0 radical (unpaired) electrons. The molecule has 18 heavy (non-hydrogen) atoms. The third-order valence-corrected chi connectivity index (χ3v) is 2.43. The van der Waals surface area contributed by atoms with Crippen LogP contribution in [0.3, 0.4) is 0 Å². The second kappa shape index (κ2) is 13.8. The molecular weight excluding hydrogens is 342 g/mol. The van der Waals surface area contributed by atoms with Crippen LogP contribution in [-0.2, 0) is 20.8 Å². The van der Waals surface area contributed by atoms with Crippen LogP contribution in [0.2, 0.25) is 0 Å². The van der Waals surface area contributed by atoms with E-state index in [4.69, 9.17) is 17.0 Å². The number of hydrogen-bond acceptors (Lipinski definition) is 0. The van der Waals surface area contributed by atoms with Crippen molar-refractivity contribution < 1.29 is 20.8 Å². The topological polar surface area (TPSA) is 0 Å². The van der Waals surface area contributed by atoms with Crippen LogP contribution in [0, 0.1) is 12.2 Å². The molecule has 0 fully saturated rings. The van der Waals surface area contributed by atoms with Crippen molar-refractivity contribution in [3.05, 3.63) is 47.6 Å². The Morgan fingerprint density at radius 2 is 1.78 bits per heavy atom. The predicted molar refractivity (Wildman–Crippen MR) is 77.9 cm³/mol. The van der Waals surface area contributed by atoms with Crippen molar-refractivity contribution in [3.63, 3.8) is 0 Å². The number of allylic oxidation sites excluding steroid dienone is 8. The summed E-state index contributed by atoms with van der Waals surface area (Å²) >= 11 is -0.826. The molecule has 0 bridgehead atoms. The van der Waals surface area contributed by atoms with Crippen LogP contribution in [0.25, 0.3) is 0 Å². The molecule has 0 aromatic rings. The van der Waals surface area contributed by atoms with Crippen molar-refractivity contribution in [2.45, 2.75) is 46.0 Å². The Kier molecular flexibility index (Phi) is 14.2. The van der Waals surface area contributed by atoms with E-state index in [1.165, 1.54) is 30.4 Å². The summed E-state index contributed by atoms with van der Waals surface area (Å²) in [5, 5.41) is 0. The van der Waals surface area contributed by atoms with E-state index in [2.05, 4.69) is 50.3 Å². The normalized spacial score (nSPS) is 14.9. The summed E-state index contributed by atoms with van der Waals surface area (Å²) in [7, 11) is 9.87. The molecule has 2 aliphatic rings. The third kappa shape index (κ3) is 11.5. The first-order chi connectivity index (χ1) is 8.74. The van der Waals surface area contributed by atoms with Crippen LogP contribution in [0.1, 0.15) is 46.0 Å². The molecule has 0 amide bonds. The van der Waals surface area contributed by atoms with Crippen LogP contribution in [0.15, 0.2) is 35.5 Å². The van der Waals surface area contributed by atoms with Crippen LogP contribution in [0.5, 0.6) is 0 Å². The van der Waals surface area contributed by atoms with E-state index < -0.39 is 20.8 Å². The fraction of sp³-hybridized carbons (Fsp3) is 0.467.